The normalized spacial score (nSPS) is 35.0. The summed E-state index contributed by atoms with van der Waals surface area (Å²) in [6.45, 7) is 6.04. The maximum Gasteiger partial charge on any atom is 0.391 e. The quantitative estimate of drug-likeness (QED) is 0.835. The van der Waals surface area contributed by atoms with Gasteiger partial charge in [-0.1, -0.05) is 6.42 Å². The fraction of sp³-hybridized carbons (Fsp3) is 1.00. The van der Waals surface area contributed by atoms with Crippen LogP contribution in [-0.2, 0) is 0 Å². The van der Waals surface area contributed by atoms with Gasteiger partial charge in [-0.3, -0.25) is 9.80 Å². The van der Waals surface area contributed by atoms with Crippen LogP contribution in [0.25, 0.3) is 0 Å². The summed E-state index contributed by atoms with van der Waals surface area (Å²) in [6, 6.07) is 0.809. The molecule has 2 heterocycles. The SMILES string of the molecule is FC(F)(F)C1CCCC(N2CCN(C3CNC3)CC2)C1. The van der Waals surface area contributed by atoms with E-state index < -0.39 is 12.1 Å². The lowest BCUT2D eigenvalue weighted by atomic mass is 9.84. The topological polar surface area (TPSA) is 18.5 Å². The van der Waals surface area contributed by atoms with E-state index in [1.165, 1.54) is 0 Å². The van der Waals surface area contributed by atoms with Gasteiger partial charge in [0.05, 0.1) is 5.92 Å². The molecule has 1 N–H and O–H groups in total. The first-order valence-electron chi connectivity index (χ1n) is 7.79. The van der Waals surface area contributed by atoms with Crippen LogP contribution in [0.2, 0.25) is 0 Å². The van der Waals surface area contributed by atoms with Crippen molar-refractivity contribution in [3.63, 3.8) is 0 Å². The average molecular weight is 291 g/mol. The minimum absolute atomic E-state index is 0.150. The highest BCUT2D eigenvalue weighted by molar-refractivity contribution is 4.90. The predicted octanol–water partition coefficient (Wildman–Crippen LogP) is 1.70. The summed E-state index contributed by atoms with van der Waals surface area (Å²) < 4.78 is 38.6. The van der Waals surface area contributed by atoms with Crippen molar-refractivity contribution in [3.05, 3.63) is 0 Å². The number of hydrogen-bond donors (Lipinski definition) is 1. The smallest absolute Gasteiger partial charge is 0.314 e. The van der Waals surface area contributed by atoms with Gasteiger partial charge in [0.25, 0.3) is 0 Å². The second kappa shape index (κ2) is 5.81. The summed E-state index contributed by atoms with van der Waals surface area (Å²) in [4.78, 5) is 4.79. The molecule has 2 atom stereocenters. The molecular formula is C14H24F3N3. The Balaban J connectivity index is 1.49. The Labute approximate surface area is 118 Å². The number of hydrogen-bond acceptors (Lipinski definition) is 3. The van der Waals surface area contributed by atoms with E-state index in [-0.39, 0.29) is 6.04 Å². The molecule has 0 spiro atoms. The number of rotatable bonds is 2. The van der Waals surface area contributed by atoms with Gasteiger partial charge in [0.1, 0.15) is 0 Å². The highest BCUT2D eigenvalue weighted by Crippen LogP contribution is 2.39. The standard InChI is InChI=1S/C14H24F3N3/c15-14(16,17)11-2-1-3-12(8-11)19-4-6-20(7-5-19)13-9-18-10-13/h11-13,18H,1-10H2. The van der Waals surface area contributed by atoms with Gasteiger partial charge in [-0.15, -0.1) is 0 Å². The monoisotopic (exact) mass is 291 g/mol. The van der Waals surface area contributed by atoms with Crippen LogP contribution in [0.3, 0.4) is 0 Å². The Bertz CT molecular complexity index is 322. The lowest BCUT2D eigenvalue weighted by Crippen LogP contribution is -2.62. The molecule has 2 unspecified atom stereocenters. The van der Waals surface area contributed by atoms with Gasteiger partial charge < -0.3 is 5.32 Å². The zero-order valence-electron chi connectivity index (χ0n) is 11.8. The molecule has 3 nitrogen and oxygen atoms in total. The molecule has 3 rings (SSSR count). The van der Waals surface area contributed by atoms with Crippen LogP contribution in [-0.4, -0.2) is 67.3 Å². The summed E-state index contributed by atoms with van der Waals surface area (Å²) in [7, 11) is 0. The van der Waals surface area contributed by atoms with Gasteiger partial charge in [-0.2, -0.15) is 13.2 Å². The van der Waals surface area contributed by atoms with Crippen LogP contribution >= 0.6 is 0 Å². The Hall–Kier alpha value is -0.330. The van der Waals surface area contributed by atoms with Crippen molar-refractivity contribution in [2.75, 3.05) is 39.3 Å². The van der Waals surface area contributed by atoms with Crippen molar-refractivity contribution in [3.8, 4) is 0 Å². The van der Waals surface area contributed by atoms with E-state index in [0.29, 0.717) is 18.9 Å². The lowest BCUT2D eigenvalue weighted by molar-refractivity contribution is -0.187. The first-order chi connectivity index (χ1) is 9.54. The number of halogens is 3. The Morgan fingerprint density at radius 1 is 0.850 bits per heavy atom. The maximum absolute atomic E-state index is 12.9. The first-order valence-corrected chi connectivity index (χ1v) is 7.79. The molecule has 116 valence electrons. The second-order valence-corrected chi connectivity index (χ2v) is 6.44. The number of piperazine rings is 1. The number of nitrogens with zero attached hydrogens (tertiary/aromatic N) is 2. The average Bonchev–Trinajstić information content (AvgIpc) is 2.37. The highest BCUT2D eigenvalue weighted by Gasteiger charge is 2.43. The summed E-state index contributed by atoms with van der Waals surface area (Å²) in [5.41, 5.74) is 0. The molecule has 0 aromatic carbocycles. The molecule has 1 aliphatic carbocycles. The van der Waals surface area contributed by atoms with E-state index in [4.69, 9.17) is 0 Å². The molecule has 0 aromatic heterocycles. The van der Waals surface area contributed by atoms with Gasteiger partial charge >= 0.3 is 6.18 Å². The molecule has 2 saturated heterocycles. The van der Waals surface area contributed by atoms with E-state index in [0.717, 1.165) is 52.1 Å². The molecule has 0 bridgehead atoms. The minimum atomic E-state index is -4.00. The van der Waals surface area contributed by atoms with Crippen LogP contribution in [0, 0.1) is 5.92 Å². The third-order valence-corrected chi connectivity index (χ3v) is 5.25. The van der Waals surface area contributed by atoms with Gasteiger partial charge in [0.15, 0.2) is 0 Å². The van der Waals surface area contributed by atoms with Gasteiger partial charge in [-0.05, 0) is 19.3 Å². The molecule has 3 aliphatic rings. The Morgan fingerprint density at radius 2 is 1.45 bits per heavy atom. The zero-order chi connectivity index (χ0) is 14.2. The van der Waals surface area contributed by atoms with Crippen LogP contribution in [0.5, 0.6) is 0 Å². The van der Waals surface area contributed by atoms with E-state index in [2.05, 4.69) is 15.1 Å². The van der Waals surface area contributed by atoms with Crippen molar-refractivity contribution in [2.24, 2.45) is 5.92 Å². The second-order valence-electron chi connectivity index (χ2n) is 6.44. The molecule has 6 heteroatoms. The van der Waals surface area contributed by atoms with Gasteiger partial charge in [0.2, 0.25) is 0 Å². The van der Waals surface area contributed by atoms with Crippen LogP contribution in [0.1, 0.15) is 25.7 Å². The zero-order valence-corrected chi connectivity index (χ0v) is 11.8. The Kier molecular flexibility index (Phi) is 4.24. The van der Waals surface area contributed by atoms with Crippen molar-refractivity contribution >= 4 is 0 Å². The van der Waals surface area contributed by atoms with Crippen LogP contribution in [0.15, 0.2) is 0 Å². The van der Waals surface area contributed by atoms with E-state index in [1.54, 1.807) is 0 Å². The van der Waals surface area contributed by atoms with E-state index >= 15 is 0 Å². The molecule has 0 radical (unpaired) electrons. The summed E-state index contributed by atoms with van der Waals surface area (Å²) in [5.74, 6) is -1.07. The van der Waals surface area contributed by atoms with E-state index in [9.17, 15) is 13.2 Å². The molecule has 1 saturated carbocycles. The molecule has 3 fully saturated rings. The summed E-state index contributed by atoms with van der Waals surface area (Å²) in [6.07, 6.45) is -1.69. The van der Waals surface area contributed by atoms with Crippen LogP contribution < -0.4 is 5.32 Å². The molecule has 0 aromatic rings. The number of alkyl halides is 3. The van der Waals surface area contributed by atoms with Crippen molar-refractivity contribution in [1.29, 1.82) is 0 Å². The third kappa shape index (κ3) is 3.12. The minimum Gasteiger partial charge on any atom is -0.314 e. The molecular weight excluding hydrogens is 267 g/mol. The predicted molar refractivity (Wildman–Crippen MR) is 71.6 cm³/mol. The highest BCUT2D eigenvalue weighted by atomic mass is 19.4. The van der Waals surface area contributed by atoms with Gasteiger partial charge in [0, 0.05) is 51.4 Å². The maximum atomic E-state index is 12.9. The van der Waals surface area contributed by atoms with Crippen molar-refractivity contribution in [1.82, 2.24) is 15.1 Å². The molecule has 2 aliphatic heterocycles. The van der Waals surface area contributed by atoms with Crippen molar-refractivity contribution < 1.29 is 13.2 Å². The summed E-state index contributed by atoms with van der Waals surface area (Å²) >= 11 is 0. The fourth-order valence-electron chi connectivity index (χ4n) is 3.79. The Morgan fingerprint density at radius 3 is 1.95 bits per heavy atom. The van der Waals surface area contributed by atoms with Crippen LogP contribution in [0.4, 0.5) is 13.2 Å². The fourth-order valence-corrected chi connectivity index (χ4v) is 3.79. The first kappa shape index (κ1) is 14.6. The third-order valence-electron chi connectivity index (χ3n) is 5.25. The van der Waals surface area contributed by atoms with Crippen molar-refractivity contribution in [2.45, 2.75) is 43.9 Å². The molecule has 20 heavy (non-hydrogen) atoms. The molecule has 0 amide bonds. The largest absolute Gasteiger partial charge is 0.391 e. The number of nitrogens with one attached hydrogen (secondary N) is 1. The summed E-state index contributed by atoms with van der Waals surface area (Å²) in [5, 5.41) is 3.28. The lowest BCUT2D eigenvalue weighted by Gasteiger charge is -2.46. The van der Waals surface area contributed by atoms with E-state index in [1.807, 2.05) is 0 Å². The van der Waals surface area contributed by atoms with Gasteiger partial charge in [-0.25, -0.2) is 0 Å².